The predicted octanol–water partition coefficient (Wildman–Crippen LogP) is 4.34. The molecule has 4 aliphatic carbocycles. The Morgan fingerprint density at radius 3 is 2.14 bits per heavy atom. The zero-order chi connectivity index (χ0) is 29.8. The van der Waals surface area contributed by atoms with Gasteiger partial charge in [-0.15, -0.1) is 0 Å². The first-order valence-electron chi connectivity index (χ1n) is 16.9. The Morgan fingerprint density at radius 2 is 1.45 bits per heavy atom. The van der Waals surface area contributed by atoms with Gasteiger partial charge in [0.25, 0.3) is 0 Å². The number of urea groups is 1. The van der Waals surface area contributed by atoms with Crippen LogP contribution in [0.5, 0.6) is 0 Å². The van der Waals surface area contributed by atoms with E-state index in [0.717, 1.165) is 108 Å². The second-order valence-electron chi connectivity index (χ2n) is 14.3. The van der Waals surface area contributed by atoms with Gasteiger partial charge >= 0.3 is 6.03 Å². The van der Waals surface area contributed by atoms with E-state index in [1.807, 2.05) is 11.0 Å². The third kappa shape index (κ3) is 4.92. The molecule has 234 valence electrons. The molecular weight excluding hydrogens is 552 g/mol. The molecule has 3 N–H and O–H groups in total. The quantitative estimate of drug-likeness (QED) is 0.532. The van der Waals surface area contributed by atoms with Gasteiger partial charge < -0.3 is 25.6 Å². The molecule has 9 heteroatoms. The minimum atomic E-state index is -0.343. The molecule has 7 aliphatic rings. The summed E-state index contributed by atoms with van der Waals surface area (Å²) in [6, 6.07) is 18.0. The summed E-state index contributed by atoms with van der Waals surface area (Å²) >= 11 is 0. The van der Waals surface area contributed by atoms with E-state index in [0.29, 0.717) is 30.3 Å². The van der Waals surface area contributed by atoms with Crippen molar-refractivity contribution in [3.05, 3.63) is 48.5 Å². The van der Waals surface area contributed by atoms with Crippen molar-refractivity contribution in [1.82, 2.24) is 10.2 Å². The Bertz CT molecular complexity index is 1370. The number of nitrogens with zero attached hydrogens (tertiary/aromatic N) is 4. The maximum absolute atomic E-state index is 13.8. The van der Waals surface area contributed by atoms with Gasteiger partial charge in [0.15, 0.2) is 0 Å². The molecule has 3 aliphatic heterocycles. The van der Waals surface area contributed by atoms with Crippen LogP contribution in [0.4, 0.5) is 27.5 Å². The monoisotopic (exact) mass is 598 g/mol. The van der Waals surface area contributed by atoms with Crippen molar-refractivity contribution in [3.8, 4) is 0 Å². The largest absolute Gasteiger partial charge is 0.381 e. The summed E-state index contributed by atoms with van der Waals surface area (Å²) in [7, 11) is 0. The van der Waals surface area contributed by atoms with Crippen molar-refractivity contribution >= 4 is 34.7 Å². The Morgan fingerprint density at radius 1 is 0.795 bits per heavy atom. The average Bonchev–Trinajstić information content (AvgIpc) is 3.06. The van der Waals surface area contributed by atoms with Crippen molar-refractivity contribution < 1.29 is 14.3 Å². The fraction of sp³-hybridized carbons (Fsp3) is 0.600. The Hall–Kier alpha value is -3.30. The number of primary amides is 1. The van der Waals surface area contributed by atoms with Gasteiger partial charge in [0.1, 0.15) is 0 Å². The maximum Gasteiger partial charge on any atom is 0.322 e. The fourth-order valence-corrected chi connectivity index (χ4v) is 9.86. The topological polar surface area (TPSA) is 94.4 Å². The number of fused-ring (bicyclic) bond motifs is 1. The Kier molecular flexibility index (Phi) is 7.21. The smallest absolute Gasteiger partial charge is 0.322 e. The molecule has 2 atom stereocenters. The summed E-state index contributed by atoms with van der Waals surface area (Å²) in [5.41, 5.74) is 9.99. The number of ether oxygens (including phenoxy) is 1. The number of nitrogens with two attached hydrogens (primary N) is 1. The summed E-state index contributed by atoms with van der Waals surface area (Å²) in [6.45, 7) is 7.48. The van der Waals surface area contributed by atoms with Crippen molar-refractivity contribution in [3.63, 3.8) is 0 Å². The van der Waals surface area contributed by atoms with Gasteiger partial charge in [0.2, 0.25) is 5.91 Å². The summed E-state index contributed by atoms with van der Waals surface area (Å²) in [4.78, 5) is 35.7. The van der Waals surface area contributed by atoms with E-state index in [1.165, 1.54) is 5.69 Å². The molecule has 2 aromatic rings. The van der Waals surface area contributed by atoms with E-state index in [-0.39, 0.29) is 23.4 Å². The lowest BCUT2D eigenvalue weighted by atomic mass is 9.47. The minimum Gasteiger partial charge on any atom is -0.381 e. The van der Waals surface area contributed by atoms with Crippen LogP contribution in [0.3, 0.4) is 0 Å². The highest BCUT2D eigenvalue weighted by molar-refractivity contribution is 5.98. The lowest BCUT2D eigenvalue weighted by Gasteiger charge is -2.59. The number of anilines is 4. The fourth-order valence-electron chi connectivity index (χ4n) is 9.86. The van der Waals surface area contributed by atoms with Crippen LogP contribution in [0.2, 0.25) is 0 Å². The molecule has 9 rings (SSSR count). The van der Waals surface area contributed by atoms with Crippen molar-refractivity contribution in [1.29, 1.82) is 0 Å². The van der Waals surface area contributed by atoms with Crippen molar-refractivity contribution in [2.45, 2.75) is 57.0 Å². The molecule has 4 saturated carbocycles. The van der Waals surface area contributed by atoms with Crippen LogP contribution in [0.1, 0.15) is 44.9 Å². The van der Waals surface area contributed by atoms with E-state index in [1.54, 1.807) is 0 Å². The number of carbonyl (C=O) groups excluding carboxylic acids is 2. The van der Waals surface area contributed by atoms with Crippen LogP contribution in [0, 0.1) is 23.2 Å². The van der Waals surface area contributed by atoms with Gasteiger partial charge in [-0.25, -0.2) is 4.79 Å². The van der Waals surface area contributed by atoms with Crippen LogP contribution in [0.25, 0.3) is 0 Å². The second kappa shape index (κ2) is 11.2. The summed E-state index contributed by atoms with van der Waals surface area (Å²) < 4.78 is 5.56. The Balaban J connectivity index is 0.933. The first kappa shape index (κ1) is 28.2. The number of nitrogens with one attached hydrogen (secondary N) is 1. The van der Waals surface area contributed by atoms with E-state index in [2.05, 4.69) is 62.5 Å². The first-order chi connectivity index (χ1) is 21.5. The Labute approximate surface area is 260 Å². The highest BCUT2D eigenvalue weighted by Gasteiger charge is 2.58. The highest BCUT2D eigenvalue weighted by atomic mass is 16.5. The summed E-state index contributed by atoms with van der Waals surface area (Å²) in [5.74, 6) is 1.13. The molecule has 6 fully saturated rings. The molecule has 0 aromatic heterocycles. The number of rotatable bonds is 5. The number of hydrogen-bond acceptors (Lipinski definition) is 6. The third-order valence-electron chi connectivity index (χ3n) is 11.9. The van der Waals surface area contributed by atoms with E-state index in [4.69, 9.17) is 10.5 Å². The molecule has 0 spiro atoms. The molecule has 2 unspecified atom stereocenters. The minimum absolute atomic E-state index is 0.0158. The van der Waals surface area contributed by atoms with Gasteiger partial charge in [-0.05, 0) is 99.1 Å². The predicted molar refractivity (Wildman–Crippen MR) is 172 cm³/mol. The van der Waals surface area contributed by atoms with Crippen LogP contribution >= 0.6 is 0 Å². The number of para-hydroxylation sites is 2. The zero-order valence-corrected chi connectivity index (χ0v) is 25.7. The van der Waals surface area contributed by atoms with E-state index < -0.39 is 0 Å². The first-order valence-corrected chi connectivity index (χ1v) is 16.9. The van der Waals surface area contributed by atoms with Crippen LogP contribution in [-0.4, -0.2) is 81.4 Å². The van der Waals surface area contributed by atoms with Crippen molar-refractivity contribution in [2.75, 3.05) is 67.2 Å². The number of amides is 3. The molecule has 2 saturated heterocycles. The van der Waals surface area contributed by atoms with Gasteiger partial charge in [-0.3, -0.25) is 14.6 Å². The number of hydrogen-bond donors (Lipinski definition) is 2. The lowest BCUT2D eigenvalue weighted by Crippen LogP contribution is -2.63. The van der Waals surface area contributed by atoms with Crippen LogP contribution in [0.15, 0.2) is 48.5 Å². The molecule has 3 heterocycles. The maximum atomic E-state index is 13.8. The standard InChI is InChI=1S/C35H46N6O3/c36-33(42)35-21-24-19-25(22-35)32(26(20-24)23-35)37-34(43)41-16-15-40(30-3-1-2-4-31(30)41)29-7-5-27(6-8-29)38-11-13-39(14-12-38)28-9-17-44-18-10-28/h1-8,24-26,28,32H,9-23H2,(H2,36,42)(H,37,43). The normalized spacial score (nSPS) is 32.0. The highest BCUT2D eigenvalue weighted by Crippen LogP contribution is 2.60. The molecule has 0 radical (unpaired) electrons. The van der Waals surface area contributed by atoms with Crippen LogP contribution in [-0.2, 0) is 9.53 Å². The van der Waals surface area contributed by atoms with E-state index in [9.17, 15) is 9.59 Å². The third-order valence-corrected chi connectivity index (χ3v) is 11.9. The number of piperazine rings is 1. The van der Waals surface area contributed by atoms with Gasteiger partial charge in [-0.2, -0.15) is 0 Å². The van der Waals surface area contributed by atoms with Crippen LogP contribution < -0.4 is 25.8 Å². The van der Waals surface area contributed by atoms with Gasteiger partial charge in [0, 0.05) is 81.4 Å². The number of benzene rings is 2. The molecule has 3 amide bonds. The molecule has 44 heavy (non-hydrogen) atoms. The average molecular weight is 599 g/mol. The summed E-state index contributed by atoms with van der Waals surface area (Å²) in [5, 5.41) is 3.45. The second-order valence-corrected chi connectivity index (χ2v) is 14.3. The molecule has 9 nitrogen and oxygen atoms in total. The van der Waals surface area contributed by atoms with E-state index >= 15 is 0 Å². The van der Waals surface area contributed by atoms with Crippen molar-refractivity contribution in [2.24, 2.45) is 28.9 Å². The lowest BCUT2D eigenvalue weighted by molar-refractivity contribution is -0.145. The van der Waals surface area contributed by atoms with Gasteiger partial charge in [0.05, 0.1) is 11.4 Å². The molecular formula is C35H46N6O3. The van der Waals surface area contributed by atoms with Gasteiger partial charge in [-0.1, -0.05) is 12.1 Å². The number of carbonyl (C=O) groups is 2. The molecule has 4 bridgehead atoms. The summed E-state index contributed by atoms with van der Waals surface area (Å²) in [6.07, 6.45) is 7.11. The molecule has 2 aromatic carbocycles. The SMILES string of the molecule is NC(=O)C12CC3CC(C1)C(NC(=O)N1CCN(c4ccc(N5CCN(C6CCOCC6)CC5)cc4)c4ccccc41)C(C3)C2. The zero-order valence-electron chi connectivity index (χ0n) is 25.7.